The van der Waals surface area contributed by atoms with Crippen LogP contribution in [0, 0.1) is 6.92 Å². The lowest BCUT2D eigenvalue weighted by atomic mass is 10.3. The van der Waals surface area contributed by atoms with Crippen molar-refractivity contribution in [2.75, 3.05) is 5.32 Å². The fraction of sp³-hybridized carbons (Fsp3) is 0.111. The van der Waals surface area contributed by atoms with Crippen LogP contribution in [0.3, 0.4) is 0 Å². The van der Waals surface area contributed by atoms with Crippen molar-refractivity contribution in [1.82, 2.24) is 14.1 Å². The molecule has 2 aromatic carbocycles. The number of amides is 2. The molecule has 0 aliphatic carbocycles. The third-order valence-electron chi connectivity index (χ3n) is 4.15. The Morgan fingerprint density at radius 2 is 1.64 bits per heavy atom. The molecule has 0 aliphatic rings. The first kappa shape index (κ1) is 19.7. The Kier molecular flexibility index (Phi) is 5.30. The Bertz CT molecular complexity index is 1200. The van der Waals surface area contributed by atoms with Gasteiger partial charge >= 0.3 is 6.03 Å². The van der Waals surface area contributed by atoms with Crippen LogP contribution in [0.4, 0.5) is 10.5 Å². The van der Waals surface area contributed by atoms with E-state index in [2.05, 4.69) is 5.32 Å². The van der Waals surface area contributed by atoms with E-state index in [1.54, 1.807) is 49.0 Å². The third-order valence-corrected chi connectivity index (χ3v) is 5.98. The number of rotatable bonds is 4. The number of nitrogens with one attached hydrogen (secondary N) is 2. The number of hydrogen-bond donors (Lipinski definition) is 2. The Labute approximate surface area is 166 Å². The van der Waals surface area contributed by atoms with Gasteiger partial charge in [0, 0.05) is 7.05 Å². The highest BCUT2D eigenvalue weighted by Crippen LogP contribution is 2.20. The van der Waals surface area contributed by atoms with Crippen LogP contribution in [0.5, 0.6) is 0 Å². The second-order valence-corrected chi connectivity index (χ2v) is 7.98. The van der Waals surface area contributed by atoms with E-state index in [-0.39, 0.29) is 15.6 Å². The van der Waals surface area contributed by atoms with Crippen molar-refractivity contribution in [3.8, 4) is 5.69 Å². The molecule has 146 valence electrons. The molecule has 0 unspecified atom stereocenters. The van der Waals surface area contributed by atoms with Crippen molar-refractivity contribution in [2.45, 2.75) is 11.8 Å². The first-order valence-corrected chi connectivity index (χ1v) is 10.0. The average molecular weight is 421 g/mol. The Balaban J connectivity index is 1.90. The Morgan fingerprint density at radius 3 is 2.29 bits per heavy atom. The highest BCUT2D eigenvalue weighted by Gasteiger charge is 2.23. The molecule has 0 saturated heterocycles. The van der Waals surface area contributed by atoms with E-state index in [4.69, 9.17) is 11.6 Å². The summed E-state index contributed by atoms with van der Waals surface area (Å²) in [7, 11) is -2.54. The van der Waals surface area contributed by atoms with Crippen LogP contribution in [0.15, 0.2) is 64.3 Å². The van der Waals surface area contributed by atoms with Gasteiger partial charge in [0.05, 0.1) is 16.4 Å². The number of carbonyl (C=O) groups is 1. The van der Waals surface area contributed by atoms with E-state index in [9.17, 15) is 18.0 Å². The van der Waals surface area contributed by atoms with Crippen LogP contribution in [0.25, 0.3) is 5.69 Å². The Hall–Kier alpha value is -3.04. The predicted molar refractivity (Wildman–Crippen MR) is 107 cm³/mol. The smallest absolute Gasteiger partial charge is 0.301 e. The van der Waals surface area contributed by atoms with Gasteiger partial charge < -0.3 is 5.32 Å². The first-order valence-electron chi connectivity index (χ1n) is 8.14. The van der Waals surface area contributed by atoms with Gasteiger partial charge in [-0.3, -0.25) is 9.48 Å². The van der Waals surface area contributed by atoms with Crippen LogP contribution in [0.2, 0.25) is 5.02 Å². The minimum Gasteiger partial charge on any atom is -0.301 e. The van der Waals surface area contributed by atoms with Crippen LogP contribution >= 0.6 is 11.6 Å². The molecular weight excluding hydrogens is 404 g/mol. The van der Waals surface area contributed by atoms with Crippen molar-refractivity contribution in [2.24, 2.45) is 7.05 Å². The molecule has 0 spiro atoms. The maximum absolute atomic E-state index is 12.8. The molecule has 8 nitrogen and oxygen atoms in total. The number of halogens is 1. The van der Waals surface area contributed by atoms with Gasteiger partial charge in [0.25, 0.3) is 15.6 Å². The number of carbonyl (C=O) groups excluding carboxylic acids is 1. The number of urea groups is 1. The SMILES string of the molecule is Cc1c(NC(=O)NS(=O)(=O)c2ccccc2Cl)c(=O)n(-c2ccccc2)n1C. The van der Waals surface area contributed by atoms with E-state index in [0.717, 1.165) is 0 Å². The standard InChI is InChI=1S/C18H17ClN4O4S/c1-12-16(17(24)23(22(12)2)13-8-4-3-5-9-13)20-18(25)21-28(26,27)15-11-7-6-10-14(15)19/h3-11H,1-2H3,(H2,20,21,25). The summed E-state index contributed by atoms with van der Waals surface area (Å²) < 4.78 is 29.5. The molecule has 2 N–H and O–H groups in total. The second kappa shape index (κ2) is 7.53. The van der Waals surface area contributed by atoms with Gasteiger partial charge in [-0.25, -0.2) is 22.6 Å². The molecule has 0 bridgehead atoms. The molecule has 1 aromatic heterocycles. The minimum atomic E-state index is -4.20. The number of nitrogens with zero attached hydrogens (tertiary/aromatic N) is 2. The Morgan fingerprint density at radius 1 is 1.04 bits per heavy atom. The maximum Gasteiger partial charge on any atom is 0.333 e. The summed E-state index contributed by atoms with van der Waals surface area (Å²) >= 11 is 5.89. The van der Waals surface area contributed by atoms with Crippen LogP contribution < -0.4 is 15.6 Å². The van der Waals surface area contributed by atoms with Gasteiger partial charge in [-0.05, 0) is 31.2 Å². The predicted octanol–water partition coefficient (Wildman–Crippen LogP) is 2.65. The second-order valence-electron chi connectivity index (χ2n) is 5.93. The molecule has 3 aromatic rings. The van der Waals surface area contributed by atoms with Crippen molar-refractivity contribution >= 4 is 33.3 Å². The summed E-state index contributed by atoms with van der Waals surface area (Å²) in [5.41, 5.74) is 0.545. The normalized spacial score (nSPS) is 11.2. The molecule has 0 radical (unpaired) electrons. The van der Waals surface area contributed by atoms with Gasteiger partial charge in [-0.15, -0.1) is 0 Å². The minimum absolute atomic E-state index is 0.0230. The molecule has 3 rings (SSSR count). The first-order chi connectivity index (χ1) is 13.2. The molecule has 10 heteroatoms. The van der Waals surface area contributed by atoms with Crippen LogP contribution in [-0.4, -0.2) is 23.8 Å². The highest BCUT2D eigenvalue weighted by atomic mass is 35.5. The lowest BCUT2D eigenvalue weighted by Gasteiger charge is -2.09. The lowest BCUT2D eigenvalue weighted by molar-refractivity contribution is 0.256. The number of benzene rings is 2. The molecule has 0 aliphatic heterocycles. The van der Waals surface area contributed by atoms with Gasteiger partial charge in [0.2, 0.25) is 0 Å². The topological polar surface area (TPSA) is 102 Å². The van der Waals surface area contributed by atoms with Crippen molar-refractivity contribution < 1.29 is 13.2 Å². The fourth-order valence-corrected chi connectivity index (χ4v) is 4.12. The summed E-state index contributed by atoms with van der Waals surface area (Å²) in [6.07, 6.45) is 0. The van der Waals surface area contributed by atoms with Gasteiger partial charge in [-0.1, -0.05) is 41.9 Å². The molecule has 1 heterocycles. The number of aromatic nitrogens is 2. The van der Waals surface area contributed by atoms with Crippen LogP contribution in [0.1, 0.15) is 5.69 Å². The van der Waals surface area contributed by atoms with Gasteiger partial charge in [0.1, 0.15) is 10.6 Å². The van der Waals surface area contributed by atoms with Crippen molar-refractivity contribution in [3.63, 3.8) is 0 Å². The number of sulfonamides is 1. The molecule has 0 saturated carbocycles. The zero-order valence-corrected chi connectivity index (χ0v) is 16.6. The van der Waals surface area contributed by atoms with Crippen molar-refractivity contribution in [1.29, 1.82) is 0 Å². The molecular formula is C18H17ClN4O4S. The summed E-state index contributed by atoms with van der Waals surface area (Å²) in [6.45, 7) is 1.64. The van der Waals surface area contributed by atoms with Gasteiger partial charge in [0.15, 0.2) is 0 Å². The van der Waals surface area contributed by atoms with E-state index < -0.39 is 21.6 Å². The molecule has 0 atom stereocenters. The van der Waals surface area contributed by atoms with E-state index in [1.165, 1.54) is 22.9 Å². The number of hydrogen-bond acceptors (Lipinski definition) is 4. The van der Waals surface area contributed by atoms with Gasteiger partial charge in [-0.2, -0.15) is 0 Å². The quantitative estimate of drug-likeness (QED) is 0.677. The molecule has 28 heavy (non-hydrogen) atoms. The summed E-state index contributed by atoms with van der Waals surface area (Å²) in [5.74, 6) is 0. The van der Waals surface area contributed by atoms with E-state index >= 15 is 0 Å². The molecule has 2 amide bonds. The fourth-order valence-electron chi connectivity index (χ4n) is 2.69. The van der Waals surface area contributed by atoms with E-state index in [0.29, 0.717) is 11.4 Å². The monoisotopic (exact) mass is 420 g/mol. The zero-order valence-electron chi connectivity index (χ0n) is 15.0. The van der Waals surface area contributed by atoms with Crippen molar-refractivity contribution in [3.05, 3.63) is 75.7 Å². The average Bonchev–Trinajstić information content (AvgIpc) is 2.85. The maximum atomic E-state index is 12.8. The summed E-state index contributed by atoms with van der Waals surface area (Å²) in [6, 6.07) is 13.5. The number of anilines is 1. The number of para-hydroxylation sites is 1. The summed E-state index contributed by atoms with van der Waals surface area (Å²) in [5, 5.41) is 2.31. The largest absolute Gasteiger partial charge is 0.333 e. The van der Waals surface area contributed by atoms with E-state index in [1.807, 2.05) is 10.8 Å². The zero-order chi connectivity index (χ0) is 20.5. The summed E-state index contributed by atoms with van der Waals surface area (Å²) in [4.78, 5) is 24.8. The highest BCUT2D eigenvalue weighted by molar-refractivity contribution is 7.90. The molecule has 0 fully saturated rings. The van der Waals surface area contributed by atoms with Crippen LogP contribution in [-0.2, 0) is 17.1 Å². The third kappa shape index (κ3) is 3.67. The lowest BCUT2D eigenvalue weighted by Crippen LogP contribution is -2.36.